The third kappa shape index (κ3) is 4.71. The molecule has 5 heteroatoms. The van der Waals surface area contributed by atoms with E-state index in [-0.39, 0.29) is 0 Å². The summed E-state index contributed by atoms with van der Waals surface area (Å²) in [4.78, 5) is 4.29. The zero-order chi connectivity index (χ0) is 16.6. The van der Waals surface area contributed by atoms with Gasteiger partial charge >= 0.3 is 0 Å². The van der Waals surface area contributed by atoms with E-state index in [1.807, 2.05) is 7.05 Å². The molecule has 1 aromatic rings. The Bertz CT molecular complexity index is 541. The maximum atomic E-state index is 5.67. The van der Waals surface area contributed by atoms with E-state index >= 15 is 0 Å². The molecular weight excluding hydrogens is 302 g/mol. The van der Waals surface area contributed by atoms with Crippen molar-refractivity contribution in [3.05, 3.63) is 35.4 Å². The molecular formula is C19H29N3O2. The minimum Gasteiger partial charge on any atom is -0.379 e. The molecule has 1 aromatic carbocycles. The fourth-order valence-corrected chi connectivity index (χ4v) is 3.36. The van der Waals surface area contributed by atoms with Gasteiger partial charge in [-0.15, -0.1) is 0 Å². The van der Waals surface area contributed by atoms with Gasteiger partial charge < -0.3 is 20.1 Å². The predicted molar refractivity (Wildman–Crippen MR) is 96.7 cm³/mol. The van der Waals surface area contributed by atoms with Crippen LogP contribution >= 0.6 is 0 Å². The van der Waals surface area contributed by atoms with Gasteiger partial charge in [0.25, 0.3) is 0 Å². The standard InChI is InChI=1S/C19H29N3O2/c1-20-19(21-9-5-10-23-14-17-7-4-11-24-17)22-13-16-12-15-6-2-3-8-18(15)16/h2-3,6,8,16-17H,4-5,7,9-14H2,1H3,(H2,20,21,22). The Labute approximate surface area is 144 Å². The second-order valence-electron chi connectivity index (χ2n) is 6.54. The van der Waals surface area contributed by atoms with E-state index in [1.54, 1.807) is 0 Å². The lowest BCUT2D eigenvalue weighted by molar-refractivity contribution is 0.0168. The van der Waals surface area contributed by atoms with E-state index in [1.165, 1.54) is 17.5 Å². The van der Waals surface area contributed by atoms with Crippen LogP contribution in [0.2, 0.25) is 0 Å². The Balaban J connectivity index is 1.25. The van der Waals surface area contributed by atoms with Gasteiger partial charge in [0.15, 0.2) is 5.96 Å². The van der Waals surface area contributed by atoms with Gasteiger partial charge in [0.1, 0.15) is 0 Å². The maximum absolute atomic E-state index is 5.67. The fraction of sp³-hybridized carbons (Fsp3) is 0.632. The summed E-state index contributed by atoms with van der Waals surface area (Å²) in [5.41, 5.74) is 2.96. The summed E-state index contributed by atoms with van der Waals surface area (Å²) in [5.74, 6) is 1.48. The number of rotatable bonds is 8. The molecule has 0 saturated carbocycles. The number of hydrogen-bond donors (Lipinski definition) is 2. The highest BCUT2D eigenvalue weighted by molar-refractivity contribution is 5.79. The van der Waals surface area contributed by atoms with Gasteiger partial charge in [-0.3, -0.25) is 4.99 Å². The molecule has 5 nitrogen and oxygen atoms in total. The van der Waals surface area contributed by atoms with Crippen LogP contribution in [0.4, 0.5) is 0 Å². The van der Waals surface area contributed by atoms with Crippen LogP contribution in [-0.4, -0.2) is 52.0 Å². The second kappa shape index (κ2) is 9.04. The molecule has 24 heavy (non-hydrogen) atoms. The summed E-state index contributed by atoms with van der Waals surface area (Å²) in [7, 11) is 1.82. The topological polar surface area (TPSA) is 54.9 Å². The first-order valence-electron chi connectivity index (χ1n) is 9.08. The molecule has 1 aliphatic heterocycles. The summed E-state index contributed by atoms with van der Waals surface area (Å²) in [6.07, 6.45) is 4.76. The van der Waals surface area contributed by atoms with Crippen molar-refractivity contribution in [3.8, 4) is 0 Å². The van der Waals surface area contributed by atoms with Crippen molar-refractivity contribution >= 4 is 5.96 Å². The van der Waals surface area contributed by atoms with Crippen LogP contribution in [-0.2, 0) is 15.9 Å². The number of ether oxygens (including phenoxy) is 2. The molecule has 0 radical (unpaired) electrons. The third-order valence-electron chi connectivity index (χ3n) is 4.79. The number of aliphatic imine (C=N–C) groups is 1. The summed E-state index contributed by atoms with van der Waals surface area (Å²) in [6.45, 7) is 4.19. The van der Waals surface area contributed by atoms with Crippen LogP contribution < -0.4 is 10.6 Å². The van der Waals surface area contributed by atoms with E-state index in [2.05, 4.69) is 39.9 Å². The number of nitrogens with one attached hydrogen (secondary N) is 2. The normalized spacial score (nSPS) is 22.8. The lowest BCUT2D eigenvalue weighted by Gasteiger charge is -2.30. The molecule has 3 rings (SSSR count). The van der Waals surface area contributed by atoms with Gasteiger partial charge in [-0.25, -0.2) is 0 Å². The molecule has 0 bridgehead atoms. The predicted octanol–water partition coefficient (Wildman–Crippen LogP) is 2.08. The molecule has 0 amide bonds. The van der Waals surface area contributed by atoms with Gasteiger partial charge in [-0.1, -0.05) is 24.3 Å². The van der Waals surface area contributed by atoms with E-state index < -0.39 is 0 Å². The highest BCUT2D eigenvalue weighted by atomic mass is 16.5. The van der Waals surface area contributed by atoms with Crippen molar-refractivity contribution < 1.29 is 9.47 Å². The van der Waals surface area contributed by atoms with Crippen molar-refractivity contribution in [1.82, 2.24) is 10.6 Å². The van der Waals surface area contributed by atoms with E-state index in [0.717, 1.165) is 58.1 Å². The first-order chi connectivity index (χ1) is 11.9. The summed E-state index contributed by atoms with van der Waals surface area (Å²) in [6, 6.07) is 8.68. The van der Waals surface area contributed by atoms with Gasteiger partial charge in [-0.2, -0.15) is 0 Å². The van der Waals surface area contributed by atoms with Crippen LogP contribution in [0.25, 0.3) is 0 Å². The van der Waals surface area contributed by atoms with Crippen molar-refractivity contribution in [2.75, 3.05) is 40.0 Å². The molecule has 1 fully saturated rings. The summed E-state index contributed by atoms with van der Waals surface area (Å²) >= 11 is 0. The van der Waals surface area contributed by atoms with Crippen molar-refractivity contribution in [2.24, 2.45) is 4.99 Å². The highest BCUT2D eigenvalue weighted by Gasteiger charge is 2.25. The quantitative estimate of drug-likeness (QED) is 0.435. The molecule has 1 aliphatic carbocycles. The van der Waals surface area contributed by atoms with Gasteiger partial charge in [0.2, 0.25) is 0 Å². The first kappa shape index (κ1) is 17.2. The molecule has 1 saturated heterocycles. The smallest absolute Gasteiger partial charge is 0.190 e. The number of hydrogen-bond acceptors (Lipinski definition) is 3. The van der Waals surface area contributed by atoms with E-state index in [0.29, 0.717) is 12.0 Å². The number of fused-ring (bicyclic) bond motifs is 1. The molecule has 132 valence electrons. The van der Waals surface area contributed by atoms with E-state index in [9.17, 15) is 0 Å². The molecule has 2 N–H and O–H groups in total. The zero-order valence-corrected chi connectivity index (χ0v) is 14.6. The fourth-order valence-electron chi connectivity index (χ4n) is 3.36. The Kier molecular flexibility index (Phi) is 6.49. The molecule has 0 spiro atoms. The van der Waals surface area contributed by atoms with Crippen molar-refractivity contribution in [3.63, 3.8) is 0 Å². The molecule has 2 aliphatic rings. The highest BCUT2D eigenvalue weighted by Crippen LogP contribution is 2.33. The average Bonchev–Trinajstić information content (AvgIpc) is 3.10. The minimum absolute atomic E-state index is 0.317. The van der Waals surface area contributed by atoms with E-state index in [4.69, 9.17) is 9.47 Å². The van der Waals surface area contributed by atoms with Crippen LogP contribution in [0.1, 0.15) is 36.3 Å². The monoisotopic (exact) mass is 331 g/mol. The first-order valence-corrected chi connectivity index (χ1v) is 9.08. The Morgan fingerprint density at radius 1 is 1.33 bits per heavy atom. The largest absolute Gasteiger partial charge is 0.379 e. The van der Waals surface area contributed by atoms with Crippen molar-refractivity contribution in [1.29, 1.82) is 0 Å². The van der Waals surface area contributed by atoms with Crippen molar-refractivity contribution in [2.45, 2.75) is 37.7 Å². The van der Waals surface area contributed by atoms with Gasteiger partial charge in [-0.05, 0) is 36.8 Å². The van der Waals surface area contributed by atoms with Crippen LogP contribution in [0.5, 0.6) is 0 Å². The number of benzene rings is 1. The molecule has 0 aromatic heterocycles. The lowest BCUT2D eigenvalue weighted by atomic mass is 9.78. The Morgan fingerprint density at radius 3 is 3.04 bits per heavy atom. The maximum Gasteiger partial charge on any atom is 0.190 e. The summed E-state index contributed by atoms with van der Waals surface area (Å²) < 4.78 is 11.2. The SMILES string of the molecule is CN=C(NCCCOCC1CCCO1)NCC1Cc2ccccc21. The van der Waals surface area contributed by atoms with Gasteiger partial charge in [0.05, 0.1) is 12.7 Å². The zero-order valence-electron chi connectivity index (χ0n) is 14.6. The summed E-state index contributed by atoms with van der Waals surface area (Å²) in [5, 5.41) is 6.78. The number of nitrogens with zero attached hydrogens (tertiary/aromatic N) is 1. The molecule has 2 atom stereocenters. The van der Waals surface area contributed by atoms with Crippen LogP contribution in [0.15, 0.2) is 29.3 Å². The molecule has 2 unspecified atom stereocenters. The number of guanidine groups is 1. The lowest BCUT2D eigenvalue weighted by Crippen LogP contribution is -2.41. The van der Waals surface area contributed by atoms with Crippen LogP contribution in [0.3, 0.4) is 0 Å². The molecule has 1 heterocycles. The van der Waals surface area contributed by atoms with Crippen LogP contribution in [0, 0.1) is 0 Å². The average molecular weight is 331 g/mol. The van der Waals surface area contributed by atoms with Gasteiger partial charge in [0, 0.05) is 39.3 Å². The second-order valence-corrected chi connectivity index (χ2v) is 6.54. The Morgan fingerprint density at radius 2 is 2.25 bits per heavy atom. The Hall–Kier alpha value is -1.59. The third-order valence-corrected chi connectivity index (χ3v) is 4.79. The minimum atomic E-state index is 0.317.